The lowest BCUT2D eigenvalue weighted by molar-refractivity contribution is -0.148. The first-order valence-electron chi connectivity index (χ1n) is 5.66. The van der Waals surface area contributed by atoms with Crippen LogP contribution in [0.15, 0.2) is 24.3 Å². The van der Waals surface area contributed by atoms with E-state index in [9.17, 15) is 9.59 Å². The highest BCUT2D eigenvalue weighted by Crippen LogP contribution is 2.17. The van der Waals surface area contributed by atoms with Crippen molar-refractivity contribution in [2.75, 3.05) is 19.0 Å². The molecule has 2 N–H and O–H groups in total. The maximum absolute atomic E-state index is 11.5. The summed E-state index contributed by atoms with van der Waals surface area (Å²) in [7, 11) is 1.55. The second-order valence-corrected chi connectivity index (χ2v) is 4.62. The second kappa shape index (κ2) is 6.08. The van der Waals surface area contributed by atoms with Crippen LogP contribution in [0.5, 0.6) is 5.75 Å². The van der Waals surface area contributed by atoms with Gasteiger partial charge in [0.15, 0.2) is 0 Å². The van der Waals surface area contributed by atoms with E-state index in [1.807, 2.05) is 0 Å². The molecule has 1 rings (SSSR count). The highest BCUT2D eigenvalue weighted by molar-refractivity contribution is 5.85. The number of hydrogen-bond donors (Lipinski definition) is 2. The number of anilines is 1. The van der Waals surface area contributed by atoms with E-state index in [1.54, 1.807) is 31.4 Å². The Kier molecular flexibility index (Phi) is 4.74. The van der Waals surface area contributed by atoms with Crippen molar-refractivity contribution in [3.8, 4) is 5.75 Å². The van der Waals surface area contributed by atoms with Gasteiger partial charge in [0.1, 0.15) is 12.4 Å². The van der Waals surface area contributed by atoms with E-state index in [4.69, 9.17) is 14.6 Å². The number of carbonyl (C=O) groups is 2. The molecule has 0 saturated carbocycles. The van der Waals surface area contributed by atoms with Crippen LogP contribution in [0.4, 0.5) is 10.5 Å². The Hall–Kier alpha value is -2.24. The van der Waals surface area contributed by atoms with Crippen molar-refractivity contribution in [2.45, 2.75) is 13.8 Å². The number of carbonyl (C=O) groups excluding carboxylic acids is 1. The Labute approximate surface area is 111 Å². The van der Waals surface area contributed by atoms with E-state index in [-0.39, 0.29) is 6.61 Å². The fraction of sp³-hybridized carbons (Fsp3) is 0.385. The Bertz CT molecular complexity index is 453. The molecule has 1 amide bonds. The molecule has 0 aromatic heterocycles. The number of amides is 1. The summed E-state index contributed by atoms with van der Waals surface area (Å²) in [5, 5.41) is 11.4. The molecule has 0 spiro atoms. The number of benzene rings is 1. The number of aliphatic carboxylic acids is 1. The van der Waals surface area contributed by atoms with Crippen LogP contribution < -0.4 is 10.1 Å². The van der Waals surface area contributed by atoms with E-state index in [2.05, 4.69) is 5.32 Å². The normalized spacial score (nSPS) is 10.7. The van der Waals surface area contributed by atoms with E-state index in [0.717, 1.165) is 0 Å². The van der Waals surface area contributed by atoms with Gasteiger partial charge in [-0.05, 0) is 38.1 Å². The molecule has 0 aliphatic carbocycles. The largest absolute Gasteiger partial charge is 0.497 e. The quantitative estimate of drug-likeness (QED) is 0.855. The highest BCUT2D eigenvalue weighted by Gasteiger charge is 2.29. The van der Waals surface area contributed by atoms with Gasteiger partial charge in [-0.3, -0.25) is 10.1 Å². The van der Waals surface area contributed by atoms with Crippen LogP contribution in [0.3, 0.4) is 0 Å². The van der Waals surface area contributed by atoms with Gasteiger partial charge in [0.05, 0.1) is 12.5 Å². The van der Waals surface area contributed by atoms with Crippen molar-refractivity contribution in [1.82, 2.24) is 0 Å². The average molecular weight is 267 g/mol. The van der Waals surface area contributed by atoms with Gasteiger partial charge >= 0.3 is 12.1 Å². The van der Waals surface area contributed by atoms with Crippen LogP contribution in [-0.2, 0) is 9.53 Å². The van der Waals surface area contributed by atoms with Crippen molar-refractivity contribution in [1.29, 1.82) is 0 Å². The molecule has 6 nitrogen and oxygen atoms in total. The molecule has 1 aromatic carbocycles. The maximum atomic E-state index is 11.5. The zero-order chi connectivity index (χ0) is 14.5. The van der Waals surface area contributed by atoms with E-state index >= 15 is 0 Å². The number of carboxylic acids is 1. The minimum absolute atomic E-state index is 0.204. The first kappa shape index (κ1) is 14.8. The zero-order valence-electron chi connectivity index (χ0n) is 11.1. The van der Waals surface area contributed by atoms with Gasteiger partial charge < -0.3 is 14.6 Å². The molecule has 6 heteroatoms. The fourth-order valence-corrected chi connectivity index (χ4v) is 1.14. The summed E-state index contributed by atoms with van der Waals surface area (Å²) in [6.45, 7) is 2.76. The van der Waals surface area contributed by atoms with Crippen LogP contribution in [0.2, 0.25) is 0 Å². The van der Waals surface area contributed by atoms with Gasteiger partial charge in [0.2, 0.25) is 0 Å². The SMILES string of the molecule is COc1ccc(NC(=O)OCC(C)(C)C(=O)O)cc1. The monoisotopic (exact) mass is 267 g/mol. The number of hydrogen-bond acceptors (Lipinski definition) is 4. The van der Waals surface area contributed by atoms with Gasteiger partial charge in [-0.1, -0.05) is 0 Å². The molecule has 104 valence electrons. The van der Waals surface area contributed by atoms with Crippen molar-refractivity contribution < 1.29 is 24.2 Å². The zero-order valence-corrected chi connectivity index (χ0v) is 11.1. The Balaban J connectivity index is 2.49. The Morgan fingerprint density at radius 1 is 1.26 bits per heavy atom. The van der Waals surface area contributed by atoms with Crippen LogP contribution in [0, 0.1) is 5.41 Å². The number of methoxy groups -OCH3 is 1. The molecule has 19 heavy (non-hydrogen) atoms. The van der Waals surface area contributed by atoms with E-state index in [0.29, 0.717) is 11.4 Å². The van der Waals surface area contributed by atoms with E-state index in [1.165, 1.54) is 13.8 Å². The molecule has 0 saturated heterocycles. The van der Waals surface area contributed by atoms with Crippen molar-refractivity contribution in [2.24, 2.45) is 5.41 Å². The topological polar surface area (TPSA) is 84.9 Å². The molecule has 0 unspecified atom stereocenters. The summed E-state index contributed by atoms with van der Waals surface area (Å²) in [5.41, 5.74) is -0.573. The molecular weight excluding hydrogens is 250 g/mol. The number of rotatable bonds is 5. The molecule has 0 atom stereocenters. The summed E-state index contributed by atoms with van der Waals surface area (Å²) in [6.07, 6.45) is -0.695. The minimum atomic E-state index is -1.11. The fourth-order valence-electron chi connectivity index (χ4n) is 1.14. The van der Waals surface area contributed by atoms with Gasteiger partial charge in [-0.15, -0.1) is 0 Å². The first-order chi connectivity index (χ1) is 8.85. The predicted molar refractivity (Wildman–Crippen MR) is 69.4 cm³/mol. The Morgan fingerprint density at radius 3 is 2.32 bits per heavy atom. The van der Waals surface area contributed by atoms with Gasteiger partial charge in [-0.2, -0.15) is 0 Å². The lowest BCUT2D eigenvalue weighted by Gasteiger charge is -2.18. The van der Waals surface area contributed by atoms with Crippen LogP contribution in [0.25, 0.3) is 0 Å². The molecule has 0 fully saturated rings. The molecule has 0 radical (unpaired) electrons. The maximum Gasteiger partial charge on any atom is 0.411 e. The molecule has 0 aliphatic heterocycles. The molecule has 0 bridgehead atoms. The number of ether oxygens (including phenoxy) is 2. The predicted octanol–water partition coefficient (Wildman–Crippen LogP) is 2.35. The Morgan fingerprint density at radius 2 is 1.84 bits per heavy atom. The van der Waals surface area contributed by atoms with E-state index < -0.39 is 17.5 Å². The van der Waals surface area contributed by atoms with Crippen molar-refractivity contribution in [3.63, 3.8) is 0 Å². The van der Waals surface area contributed by atoms with Crippen LogP contribution in [0.1, 0.15) is 13.8 Å². The third-order valence-corrected chi connectivity index (χ3v) is 2.48. The lowest BCUT2D eigenvalue weighted by atomic mass is 9.95. The first-order valence-corrected chi connectivity index (χ1v) is 5.66. The molecular formula is C13H17NO5. The van der Waals surface area contributed by atoms with Gasteiger partial charge in [0, 0.05) is 5.69 Å². The van der Waals surface area contributed by atoms with Crippen molar-refractivity contribution in [3.05, 3.63) is 24.3 Å². The third kappa shape index (κ3) is 4.50. The summed E-state index contributed by atoms with van der Waals surface area (Å²) in [6, 6.07) is 6.69. The minimum Gasteiger partial charge on any atom is -0.497 e. The summed E-state index contributed by atoms with van der Waals surface area (Å²) in [4.78, 5) is 22.3. The number of carboxylic acid groups (broad SMARTS) is 1. The average Bonchev–Trinajstić information content (AvgIpc) is 2.37. The number of nitrogens with one attached hydrogen (secondary N) is 1. The summed E-state index contributed by atoms with van der Waals surface area (Å²) >= 11 is 0. The van der Waals surface area contributed by atoms with Crippen molar-refractivity contribution >= 4 is 17.7 Å². The molecule has 0 aliphatic rings. The molecule has 0 heterocycles. The van der Waals surface area contributed by atoms with Gasteiger partial charge in [0.25, 0.3) is 0 Å². The standard InChI is InChI=1S/C13H17NO5/c1-13(2,11(15)16)8-19-12(17)14-9-4-6-10(18-3)7-5-9/h4-7H,8H2,1-3H3,(H,14,17)(H,15,16). The second-order valence-electron chi connectivity index (χ2n) is 4.62. The van der Waals surface area contributed by atoms with Gasteiger partial charge in [-0.25, -0.2) is 4.79 Å². The van der Waals surface area contributed by atoms with Crippen LogP contribution >= 0.6 is 0 Å². The lowest BCUT2D eigenvalue weighted by Crippen LogP contribution is -2.31. The molecule has 1 aromatic rings. The summed E-state index contributed by atoms with van der Waals surface area (Å²) < 4.78 is 9.85. The third-order valence-electron chi connectivity index (χ3n) is 2.48. The summed E-state index contributed by atoms with van der Waals surface area (Å²) in [5.74, 6) is -0.351. The van der Waals surface area contributed by atoms with Crippen LogP contribution in [-0.4, -0.2) is 30.9 Å². The smallest absolute Gasteiger partial charge is 0.411 e. The highest BCUT2D eigenvalue weighted by atomic mass is 16.5.